The minimum atomic E-state index is -0.344. The third kappa shape index (κ3) is 2.30. The van der Waals surface area contributed by atoms with Crippen molar-refractivity contribution in [1.29, 1.82) is 0 Å². The molecular weight excluding hydrogens is 394 g/mol. The van der Waals surface area contributed by atoms with E-state index in [0.717, 1.165) is 3.57 Å². The second-order valence-electron chi connectivity index (χ2n) is 3.84. The molecule has 2 heterocycles. The minimum absolute atomic E-state index is 0.199. The van der Waals surface area contributed by atoms with Crippen molar-refractivity contribution in [1.82, 2.24) is 24.6 Å². The molecule has 0 saturated carbocycles. The van der Waals surface area contributed by atoms with Gasteiger partial charge in [0.05, 0.1) is 0 Å². The Hall–Kier alpha value is -1.49. The maximum absolute atomic E-state index is 13.4. The van der Waals surface area contributed by atoms with Crippen LogP contribution < -0.4 is 5.73 Å². The number of anilines is 1. The van der Waals surface area contributed by atoms with Crippen LogP contribution in [-0.2, 0) is 0 Å². The molecule has 6 nitrogen and oxygen atoms in total. The molecule has 1 aromatic carbocycles. The van der Waals surface area contributed by atoms with Crippen molar-refractivity contribution < 1.29 is 4.39 Å². The van der Waals surface area contributed by atoms with Crippen LogP contribution in [0.2, 0.25) is 0 Å². The van der Waals surface area contributed by atoms with Gasteiger partial charge < -0.3 is 5.73 Å². The van der Waals surface area contributed by atoms with Crippen LogP contribution in [0.25, 0.3) is 17.2 Å². The van der Waals surface area contributed by atoms with Crippen LogP contribution in [0.4, 0.5) is 10.3 Å². The Bertz CT molecular complexity index is 805. The molecule has 0 spiro atoms. The molecule has 0 atom stereocenters. The lowest BCUT2D eigenvalue weighted by Gasteiger charge is -1.99. The summed E-state index contributed by atoms with van der Waals surface area (Å²) in [6.07, 6.45) is 1.85. The van der Waals surface area contributed by atoms with Gasteiger partial charge in [-0.3, -0.25) is 0 Å². The number of nitrogens with zero attached hydrogens (tertiary/aromatic N) is 5. The first kappa shape index (κ1) is 13.5. The summed E-state index contributed by atoms with van der Waals surface area (Å²) in [5.74, 6) is 0.567. The predicted octanol–water partition coefficient (Wildman–Crippen LogP) is 2.23. The van der Waals surface area contributed by atoms with Gasteiger partial charge in [-0.2, -0.15) is 19.5 Å². The number of halogens is 2. The minimum Gasteiger partial charge on any atom is -0.368 e. The van der Waals surface area contributed by atoms with Gasteiger partial charge in [0.15, 0.2) is 11.0 Å². The van der Waals surface area contributed by atoms with E-state index in [1.807, 2.05) is 6.26 Å². The van der Waals surface area contributed by atoms with Crippen molar-refractivity contribution in [3.63, 3.8) is 0 Å². The van der Waals surface area contributed by atoms with E-state index >= 15 is 0 Å². The number of nitrogen functional groups attached to an aromatic ring is 1. The summed E-state index contributed by atoms with van der Waals surface area (Å²) < 4.78 is 15.6. The summed E-state index contributed by atoms with van der Waals surface area (Å²) >= 11 is 3.46. The molecule has 0 radical (unpaired) electrons. The van der Waals surface area contributed by atoms with E-state index in [1.54, 1.807) is 6.07 Å². The molecule has 0 aliphatic carbocycles. The van der Waals surface area contributed by atoms with Crippen LogP contribution in [0.3, 0.4) is 0 Å². The Morgan fingerprint density at radius 1 is 1.30 bits per heavy atom. The first-order valence-corrected chi connectivity index (χ1v) is 7.78. The Labute approximate surface area is 131 Å². The fourth-order valence-corrected chi connectivity index (χ4v) is 2.59. The van der Waals surface area contributed by atoms with Crippen molar-refractivity contribution in [2.24, 2.45) is 0 Å². The van der Waals surface area contributed by atoms with Crippen molar-refractivity contribution in [3.8, 4) is 11.4 Å². The third-order valence-electron chi connectivity index (χ3n) is 2.56. The number of thioether (sulfide) groups is 1. The van der Waals surface area contributed by atoms with E-state index < -0.39 is 0 Å². The molecule has 0 fully saturated rings. The second kappa shape index (κ2) is 5.13. The standard InChI is InChI=1S/C11H8FIN6S/c1-20-11-16-9(14)19-10(17-11)15-8(18-19)6-4-5(12)2-3-7(6)13/h2-4H,1H3,(H2,14,15,16,17,18). The molecule has 2 aromatic heterocycles. The molecule has 2 N–H and O–H groups in total. The van der Waals surface area contributed by atoms with Crippen molar-refractivity contribution in [2.45, 2.75) is 5.16 Å². The molecule has 3 aromatic rings. The number of hydrogen-bond donors (Lipinski definition) is 1. The molecule has 0 unspecified atom stereocenters. The van der Waals surface area contributed by atoms with E-state index in [9.17, 15) is 4.39 Å². The van der Waals surface area contributed by atoms with Crippen molar-refractivity contribution in [3.05, 3.63) is 27.6 Å². The number of aromatic nitrogens is 5. The molecule has 0 aliphatic rings. The number of benzene rings is 1. The zero-order valence-electron chi connectivity index (χ0n) is 10.2. The molecule has 102 valence electrons. The highest BCUT2D eigenvalue weighted by Crippen LogP contribution is 2.24. The fourth-order valence-electron chi connectivity index (χ4n) is 1.66. The number of fused-ring (bicyclic) bond motifs is 1. The highest BCUT2D eigenvalue weighted by atomic mass is 127. The topological polar surface area (TPSA) is 82.0 Å². The summed E-state index contributed by atoms with van der Waals surface area (Å²) in [6.45, 7) is 0. The van der Waals surface area contributed by atoms with Gasteiger partial charge in [0.2, 0.25) is 5.95 Å². The van der Waals surface area contributed by atoms with Gasteiger partial charge in [0.1, 0.15) is 5.82 Å². The summed E-state index contributed by atoms with van der Waals surface area (Å²) in [5, 5.41) is 4.75. The zero-order valence-corrected chi connectivity index (χ0v) is 13.2. The fraction of sp³-hybridized carbons (Fsp3) is 0.0909. The lowest BCUT2D eigenvalue weighted by molar-refractivity contribution is 0.628. The van der Waals surface area contributed by atoms with Gasteiger partial charge in [-0.05, 0) is 47.0 Å². The van der Waals surface area contributed by atoms with Crippen LogP contribution >= 0.6 is 34.4 Å². The van der Waals surface area contributed by atoms with Crippen LogP contribution in [0, 0.1) is 9.39 Å². The molecule has 0 saturated heterocycles. The lowest BCUT2D eigenvalue weighted by atomic mass is 10.2. The molecular formula is C11H8FIN6S. The summed E-state index contributed by atoms with van der Waals surface area (Å²) in [7, 11) is 0. The van der Waals surface area contributed by atoms with Crippen molar-refractivity contribution in [2.75, 3.05) is 12.0 Å². The van der Waals surface area contributed by atoms with Crippen LogP contribution in [0.15, 0.2) is 23.4 Å². The molecule has 0 amide bonds. The SMILES string of the molecule is CSc1nc(N)n2nc(-c3cc(F)ccc3I)nc2n1. The van der Waals surface area contributed by atoms with Crippen LogP contribution in [0.1, 0.15) is 0 Å². The largest absolute Gasteiger partial charge is 0.368 e. The Kier molecular flexibility index (Phi) is 3.46. The molecule has 20 heavy (non-hydrogen) atoms. The van der Waals surface area contributed by atoms with Gasteiger partial charge in [-0.25, -0.2) is 4.39 Å². The number of nitrogens with two attached hydrogens (primary N) is 1. The first-order valence-electron chi connectivity index (χ1n) is 5.48. The second-order valence-corrected chi connectivity index (χ2v) is 5.78. The average Bonchev–Trinajstić information content (AvgIpc) is 2.85. The normalized spacial score (nSPS) is 11.2. The van der Waals surface area contributed by atoms with Crippen LogP contribution in [0.5, 0.6) is 0 Å². The molecule has 0 bridgehead atoms. The van der Waals surface area contributed by atoms with Crippen molar-refractivity contribution >= 4 is 46.1 Å². The highest BCUT2D eigenvalue weighted by Gasteiger charge is 2.14. The summed E-state index contributed by atoms with van der Waals surface area (Å²) in [5.41, 5.74) is 6.41. The summed E-state index contributed by atoms with van der Waals surface area (Å²) in [6, 6.07) is 4.44. The lowest BCUT2D eigenvalue weighted by Crippen LogP contribution is -2.04. The smallest absolute Gasteiger partial charge is 0.258 e. The van der Waals surface area contributed by atoms with Gasteiger partial charge in [-0.1, -0.05) is 11.8 Å². The third-order valence-corrected chi connectivity index (χ3v) is 4.05. The van der Waals surface area contributed by atoms with E-state index in [0.29, 0.717) is 22.3 Å². The highest BCUT2D eigenvalue weighted by molar-refractivity contribution is 14.1. The Morgan fingerprint density at radius 3 is 2.85 bits per heavy atom. The van der Waals surface area contributed by atoms with Gasteiger partial charge >= 0.3 is 0 Å². The maximum atomic E-state index is 13.4. The van der Waals surface area contributed by atoms with E-state index in [-0.39, 0.29) is 11.8 Å². The number of rotatable bonds is 2. The predicted molar refractivity (Wildman–Crippen MR) is 82.9 cm³/mol. The zero-order chi connectivity index (χ0) is 14.3. The average molecular weight is 402 g/mol. The van der Waals surface area contributed by atoms with E-state index in [1.165, 1.54) is 28.4 Å². The quantitative estimate of drug-likeness (QED) is 0.523. The van der Waals surface area contributed by atoms with Crippen LogP contribution in [-0.4, -0.2) is 30.8 Å². The van der Waals surface area contributed by atoms with Gasteiger partial charge in [0.25, 0.3) is 5.78 Å². The molecule has 3 rings (SSSR count). The first-order chi connectivity index (χ1) is 9.58. The monoisotopic (exact) mass is 402 g/mol. The molecule has 9 heteroatoms. The number of hydrogen-bond acceptors (Lipinski definition) is 6. The van der Waals surface area contributed by atoms with Gasteiger partial charge in [-0.15, -0.1) is 5.10 Å². The molecule has 0 aliphatic heterocycles. The summed E-state index contributed by atoms with van der Waals surface area (Å²) in [4.78, 5) is 12.6. The Morgan fingerprint density at radius 2 is 2.10 bits per heavy atom. The van der Waals surface area contributed by atoms with E-state index in [2.05, 4.69) is 42.6 Å². The van der Waals surface area contributed by atoms with E-state index in [4.69, 9.17) is 5.73 Å². The maximum Gasteiger partial charge on any atom is 0.258 e. The Balaban J connectivity index is 2.22. The van der Waals surface area contributed by atoms with Gasteiger partial charge in [0, 0.05) is 9.13 Å².